The molecule has 0 saturated heterocycles. The largest absolute Gasteiger partial charge is 0.380 e. The molecule has 0 fully saturated rings. The average Bonchev–Trinajstić information content (AvgIpc) is 2.59. The van der Waals surface area contributed by atoms with Crippen LogP contribution in [0.4, 0.5) is 11.4 Å². The lowest BCUT2D eigenvalue weighted by molar-refractivity contribution is 0.600. The number of aromatic nitrogens is 1. The van der Waals surface area contributed by atoms with Gasteiger partial charge in [0.2, 0.25) is 10.0 Å². The lowest BCUT2D eigenvalue weighted by atomic mass is 10.1. The van der Waals surface area contributed by atoms with Gasteiger partial charge in [-0.3, -0.25) is 9.29 Å². The summed E-state index contributed by atoms with van der Waals surface area (Å²) in [6, 6.07) is 15.6. The van der Waals surface area contributed by atoms with Gasteiger partial charge in [-0.2, -0.15) is 0 Å². The number of hydrogen-bond donors (Lipinski definition) is 1. The van der Waals surface area contributed by atoms with Gasteiger partial charge in [-0.15, -0.1) is 0 Å². The molecule has 130 valence electrons. The lowest BCUT2D eigenvalue weighted by Crippen LogP contribution is -2.24. The summed E-state index contributed by atoms with van der Waals surface area (Å²) in [5.74, 6) is 0. The second-order valence-electron chi connectivity index (χ2n) is 6.08. The fraction of sp³-hybridized carbons (Fsp3) is 0.211. The predicted octanol–water partition coefficient (Wildman–Crippen LogP) is 3.55. The van der Waals surface area contributed by atoms with Gasteiger partial charge < -0.3 is 5.32 Å². The average molecular weight is 355 g/mol. The number of anilines is 2. The molecule has 25 heavy (non-hydrogen) atoms. The fourth-order valence-electron chi connectivity index (χ4n) is 2.69. The van der Waals surface area contributed by atoms with Crippen LogP contribution in [0.5, 0.6) is 0 Å². The monoisotopic (exact) mass is 355 g/mol. The third kappa shape index (κ3) is 3.74. The van der Waals surface area contributed by atoms with Crippen LogP contribution < -0.4 is 9.62 Å². The van der Waals surface area contributed by atoms with E-state index >= 15 is 0 Å². The van der Waals surface area contributed by atoms with Crippen LogP contribution in [0, 0.1) is 6.92 Å². The second kappa shape index (κ2) is 6.72. The summed E-state index contributed by atoms with van der Waals surface area (Å²) >= 11 is 0. The van der Waals surface area contributed by atoms with Gasteiger partial charge in [-0.05, 0) is 36.2 Å². The van der Waals surface area contributed by atoms with Crippen LogP contribution in [0.25, 0.3) is 10.9 Å². The minimum absolute atomic E-state index is 0.649. The number of nitrogens with zero attached hydrogens (tertiary/aromatic N) is 2. The third-order valence-corrected chi connectivity index (χ3v) is 5.46. The molecule has 1 heterocycles. The van der Waals surface area contributed by atoms with E-state index in [4.69, 9.17) is 0 Å². The van der Waals surface area contributed by atoms with Crippen molar-refractivity contribution in [3.63, 3.8) is 0 Å². The van der Waals surface area contributed by atoms with Crippen LogP contribution >= 0.6 is 0 Å². The molecular weight excluding hydrogens is 334 g/mol. The van der Waals surface area contributed by atoms with E-state index in [1.807, 2.05) is 42.6 Å². The Bertz CT molecular complexity index is 999. The van der Waals surface area contributed by atoms with Gasteiger partial charge in [0.25, 0.3) is 0 Å². The van der Waals surface area contributed by atoms with Gasteiger partial charge in [0.05, 0.1) is 17.5 Å². The number of nitrogens with one attached hydrogen (secondary N) is 1. The van der Waals surface area contributed by atoms with E-state index in [1.165, 1.54) is 10.6 Å². The summed E-state index contributed by atoms with van der Waals surface area (Å²) in [5, 5.41) is 4.53. The Morgan fingerprint density at radius 3 is 2.48 bits per heavy atom. The van der Waals surface area contributed by atoms with Crippen LogP contribution in [0.1, 0.15) is 11.1 Å². The summed E-state index contributed by atoms with van der Waals surface area (Å²) < 4.78 is 24.4. The smallest absolute Gasteiger partial charge is 0.231 e. The van der Waals surface area contributed by atoms with E-state index in [2.05, 4.69) is 29.4 Å². The maximum Gasteiger partial charge on any atom is 0.231 e. The molecule has 5 nitrogen and oxygen atoms in total. The minimum Gasteiger partial charge on any atom is -0.380 e. The quantitative estimate of drug-likeness (QED) is 0.760. The molecule has 0 atom stereocenters. The van der Waals surface area contributed by atoms with Crippen molar-refractivity contribution in [2.75, 3.05) is 22.9 Å². The molecule has 0 amide bonds. The molecule has 1 N–H and O–H groups in total. The van der Waals surface area contributed by atoms with E-state index in [0.717, 1.165) is 27.7 Å². The van der Waals surface area contributed by atoms with Crippen LogP contribution in [-0.2, 0) is 16.6 Å². The number of aryl methyl sites for hydroxylation is 1. The zero-order chi connectivity index (χ0) is 18.0. The Labute approximate surface area is 148 Å². The van der Waals surface area contributed by atoms with E-state index in [9.17, 15) is 8.42 Å². The molecule has 1 aromatic heterocycles. The molecule has 3 rings (SSSR count). The van der Waals surface area contributed by atoms with E-state index in [0.29, 0.717) is 12.2 Å². The Morgan fingerprint density at radius 1 is 1.08 bits per heavy atom. The number of fused-ring (bicyclic) bond motifs is 1. The number of hydrogen-bond acceptors (Lipinski definition) is 4. The molecule has 3 aromatic rings. The van der Waals surface area contributed by atoms with Gasteiger partial charge in [-0.25, -0.2) is 8.42 Å². The number of rotatable bonds is 5. The zero-order valence-corrected chi connectivity index (χ0v) is 15.3. The molecule has 0 spiro atoms. The lowest BCUT2D eigenvalue weighted by Gasteiger charge is -2.17. The van der Waals surface area contributed by atoms with Crippen molar-refractivity contribution in [2.24, 2.45) is 0 Å². The van der Waals surface area contributed by atoms with E-state index in [1.54, 1.807) is 7.05 Å². The van der Waals surface area contributed by atoms with Crippen molar-refractivity contribution in [2.45, 2.75) is 13.5 Å². The topological polar surface area (TPSA) is 62.3 Å². The highest BCUT2D eigenvalue weighted by molar-refractivity contribution is 7.92. The summed E-state index contributed by atoms with van der Waals surface area (Å²) in [6.45, 7) is 2.70. The van der Waals surface area contributed by atoms with Crippen molar-refractivity contribution in [3.05, 3.63) is 65.9 Å². The van der Waals surface area contributed by atoms with Gasteiger partial charge >= 0.3 is 0 Å². The Balaban J connectivity index is 1.78. The summed E-state index contributed by atoms with van der Waals surface area (Å²) in [5.41, 5.74) is 4.90. The van der Waals surface area contributed by atoms with Crippen molar-refractivity contribution >= 4 is 32.3 Å². The summed E-state index contributed by atoms with van der Waals surface area (Å²) in [6.07, 6.45) is 3.00. The Kier molecular flexibility index (Phi) is 4.63. The molecule has 0 unspecified atom stereocenters. The van der Waals surface area contributed by atoms with Gasteiger partial charge in [0.15, 0.2) is 0 Å². The standard InChI is InChI=1S/C19H21N3O2S/c1-14-5-4-6-17-18(11-12-20-19(14)17)21-13-15-7-9-16(10-8-15)22(2)25(3,23)24/h4-12H,13H2,1-3H3,(H,20,21). The first-order chi connectivity index (χ1) is 11.9. The zero-order valence-electron chi connectivity index (χ0n) is 14.5. The molecule has 0 bridgehead atoms. The number of sulfonamides is 1. The maximum atomic E-state index is 11.6. The predicted molar refractivity (Wildman–Crippen MR) is 103 cm³/mol. The van der Waals surface area contributed by atoms with Crippen LogP contribution in [-0.4, -0.2) is 26.7 Å². The van der Waals surface area contributed by atoms with E-state index < -0.39 is 10.0 Å². The summed E-state index contributed by atoms with van der Waals surface area (Å²) in [7, 11) is -1.69. The molecule has 0 saturated carbocycles. The summed E-state index contributed by atoms with van der Waals surface area (Å²) in [4.78, 5) is 4.45. The van der Waals surface area contributed by atoms with Crippen molar-refractivity contribution in [3.8, 4) is 0 Å². The molecule has 0 aliphatic carbocycles. The number of pyridine rings is 1. The first kappa shape index (κ1) is 17.2. The van der Waals surface area contributed by atoms with Crippen molar-refractivity contribution in [1.29, 1.82) is 0 Å². The van der Waals surface area contributed by atoms with E-state index in [-0.39, 0.29) is 0 Å². The van der Waals surface area contributed by atoms with Crippen LogP contribution in [0.2, 0.25) is 0 Å². The van der Waals surface area contributed by atoms with Crippen molar-refractivity contribution < 1.29 is 8.42 Å². The highest BCUT2D eigenvalue weighted by Gasteiger charge is 2.11. The molecule has 2 aromatic carbocycles. The minimum atomic E-state index is -3.24. The first-order valence-corrected chi connectivity index (χ1v) is 9.82. The third-order valence-electron chi connectivity index (χ3n) is 4.25. The van der Waals surface area contributed by atoms with Gasteiger partial charge in [-0.1, -0.05) is 30.3 Å². The normalized spacial score (nSPS) is 11.5. The highest BCUT2D eigenvalue weighted by atomic mass is 32.2. The van der Waals surface area contributed by atoms with Gasteiger partial charge in [0, 0.05) is 30.9 Å². The number of para-hydroxylation sites is 1. The Morgan fingerprint density at radius 2 is 1.80 bits per heavy atom. The highest BCUT2D eigenvalue weighted by Crippen LogP contribution is 2.24. The SMILES string of the molecule is Cc1cccc2c(NCc3ccc(N(C)S(C)(=O)=O)cc3)ccnc12. The Hall–Kier alpha value is -2.60. The second-order valence-corrected chi connectivity index (χ2v) is 8.09. The van der Waals surface area contributed by atoms with Gasteiger partial charge in [0.1, 0.15) is 0 Å². The number of benzene rings is 2. The molecule has 0 aliphatic rings. The van der Waals surface area contributed by atoms with Crippen LogP contribution in [0.15, 0.2) is 54.7 Å². The van der Waals surface area contributed by atoms with Crippen molar-refractivity contribution in [1.82, 2.24) is 4.98 Å². The first-order valence-electron chi connectivity index (χ1n) is 7.97. The molecular formula is C19H21N3O2S. The molecule has 0 aliphatic heterocycles. The molecule has 0 radical (unpaired) electrons. The fourth-order valence-corrected chi connectivity index (χ4v) is 3.20. The maximum absolute atomic E-state index is 11.6. The molecule has 6 heteroatoms. The van der Waals surface area contributed by atoms with Crippen LogP contribution in [0.3, 0.4) is 0 Å².